The molecule has 0 aromatic rings. The van der Waals surface area contributed by atoms with Gasteiger partial charge in [-0.15, -0.1) is 0 Å². The molecule has 0 saturated heterocycles. The first kappa shape index (κ1) is 18.8. The quantitative estimate of drug-likeness (QED) is 0.261. The van der Waals surface area contributed by atoms with Crippen molar-refractivity contribution in [3.8, 4) is 0 Å². The second kappa shape index (κ2) is 12.9. The summed E-state index contributed by atoms with van der Waals surface area (Å²) < 4.78 is 0. The lowest BCUT2D eigenvalue weighted by molar-refractivity contribution is -0.642. The van der Waals surface area contributed by atoms with Crippen LogP contribution in [0.4, 0.5) is 0 Å². The second-order valence-electron chi connectivity index (χ2n) is 5.34. The van der Waals surface area contributed by atoms with Crippen molar-refractivity contribution in [3.63, 3.8) is 0 Å². The summed E-state index contributed by atoms with van der Waals surface area (Å²) in [7, 11) is 0. The van der Waals surface area contributed by atoms with Crippen LogP contribution < -0.4 is 0 Å². The maximum Gasteiger partial charge on any atom is 0.106 e. The predicted octanol–water partition coefficient (Wildman–Crippen LogP) is 5.43. The number of hydrogen-bond donors (Lipinski definition) is 1. The Kier molecular flexibility index (Phi) is 12.7. The molecule has 1 N–H and O–H groups in total. The van der Waals surface area contributed by atoms with Gasteiger partial charge in [0.15, 0.2) is 0 Å². The minimum atomic E-state index is -0.328. The first-order chi connectivity index (χ1) is 9.24. The topological polar surface area (TPSA) is 47.9 Å². The fourth-order valence-corrected chi connectivity index (χ4v) is 2.43. The Bertz CT molecular complexity index is 181. The molecule has 0 heterocycles. The van der Waals surface area contributed by atoms with E-state index in [0.717, 1.165) is 25.7 Å². The van der Waals surface area contributed by atoms with Crippen LogP contribution in [-0.4, -0.2) is 10.9 Å². The van der Waals surface area contributed by atoms with Crippen LogP contribution >= 0.6 is 0 Å². The van der Waals surface area contributed by atoms with Gasteiger partial charge in [0.25, 0.3) is 0 Å². The van der Waals surface area contributed by atoms with Crippen LogP contribution in [0.25, 0.3) is 0 Å². The van der Waals surface area contributed by atoms with Crippen LogP contribution in [0.1, 0.15) is 91.4 Å². The summed E-state index contributed by atoms with van der Waals surface area (Å²) in [6.07, 6.45) is 13.0. The molecule has 0 saturated carbocycles. The Labute approximate surface area is 118 Å². The third kappa shape index (κ3) is 9.38. The van der Waals surface area contributed by atoms with Crippen molar-refractivity contribution in [2.24, 2.45) is 0 Å². The Hall–Kier alpha value is -0.160. The molecule has 0 atom stereocenters. The molecule has 0 amide bonds. The largest absolute Gasteiger partial charge is 0.219 e. The molecule has 0 aliphatic heterocycles. The van der Waals surface area contributed by atoms with Crippen molar-refractivity contribution in [1.82, 2.24) is 0 Å². The van der Waals surface area contributed by atoms with E-state index in [1.54, 1.807) is 0 Å². The van der Waals surface area contributed by atoms with Gasteiger partial charge in [-0.25, -0.2) is 5.26 Å². The van der Waals surface area contributed by atoms with Crippen LogP contribution in [0.15, 0.2) is 0 Å². The molecule has 0 fully saturated rings. The third-order valence-corrected chi connectivity index (χ3v) is 4.02. The van der Waals surface area contributed by atoms with Gasteiger partial charge in [-0.3, -0.25) is 0 Å². The zero-order valence-electron chi connectivity index (χ0n) is 13.0. The van der Waals surface area contributed by atoms with E-state index in [0.29, 0.717) is 0 Å². The number of hydrogen-bond acceptors (Lipinski definition) is 4. The standard InChI is InChI=1S/C15H32O4/c1-4-7-8-9-10-11-12-13-14-15(5-2,6-3)17-19-18-16/h16H,4-14H2,1-3H3. The van der Waals surface area contributed by atoms with Crippen molar-refractivity contribution >= 4 is 0 Å². The van der Waals surface area contributed by atoms with Gasteiger partial charge in [-0.2, -0.15) is 4.89 Å². The van der Waals surface area contributed by atoms with Crippen molar-refractivity contribution in [1.29, 1.82) is 0 Å². The Balaban J connectivity index is 3.63. The second-order valence-corrected chi connectivity index (χ2v) is 5.34. The van der Waals surface area contributed by atoms with E-state index in [2.05, 4.69) is 30.8 Å². The maximum atomic E-state index is 8.19. The highest BCUT2D eigenvalue weighted by molar-refractivity contribution is 4.76. The van der Waals surface area contributed by atoms with Gasteiger partial charge in [-0.05, 0) is 29.3 Å². The fourth-order valence-electron chi connectivity index (χ4n) is 2.43. The molecular formula is C15H32O4. The normalized spacial score (nSPS) is 12.0. The van der Waals surface area contributed by atoms with Crippen LogP contribution in [0.3, 0.4) is 0 Å². The zero-order valence-corrected chi connectivity index (χ0v) is 13.0. The minimum absolute atomic E-state index is 0.328. The molecule has 0 aliphatic rings. The summed E-state index contributed by atoms with van der Waals surface area (Å²) in [6, 6.07) is 0. The molecule has 4 heteroatoms. The van der Waals surface area contributed by atoms with E-state index in [9.17, 15) is 0 Å². The molecule has 0 radical (unpaired) electrons. The average Bonchev–Trinajstić information content (AvgIpc) is 2.45. The summed E-state index contributed by atoms with van der Waals surface area (Å²) in [5.41, 5.74) is -0.328. The molecule has 4 nitrogen and oxygen atoms in total. The van der Waals surface area contributed by atoms with Crippen LogP contribution in [0, 0.1) is 0 Å². The van der Waals surface area contributed by atoms with E-state index < -0.39 is 0 Å². The van der Waals surface area contributed by atoms with Crippen molar-refractivity contribution in [3.05, 3.63) is 0 Å². The van der Waals surface area contributed by atoms with E-state index in [1.165, 1.54) is 44.9 Å². The molecule has 0 rings (SSSR count). The van der Waals surface area contributed by atoms with Crippen molar-refractivity contribution in [2.45, 2.75) is 97.0 Å². The maximum absolute atomic E-state index is 8.19. The molecule has 0 bridgehead atoms. The monoisotopic (exact) mass is 276 g/mol. The molecule has 0 unspecified atom stereocenters. The Morgan fingerprint density at radius 3 is 1.79 bits per heavy atom. The van der Waals surface area contributed by atoms with Gasteiger partial charge in [0.1, 0.15) is 5.60 Å². The molecule has 0 aliphatic carbocycles. The molecule has 19 heavy (non-hydrogen) atoms. The van der Waals surface area contributed by atoms with Gasteiger partial charge in [0, 0.05) is 0 Å². The summed E-state index contributed by atoms with van der Waals surface area (Å²) >= 11 is 0. The smallest absolute Gasteiger partial charge is 0.106 e. The lowest BCUT2D eigenvalue weighted by atomic mass is 9.90. The first-order valence-electron chi connectivity index (χ1n) is 7.90. The summed E-state index contributed by atoms with van der Waals surface area (Å²) in [4.78, 5) is 5.16. The molecule has 116 valence electrons. The molecule has 0 aromatic carbocycles. The summed E-state index contributed by atoms with van der Waals surface area (Å²) in [6.45, 7) is 6.37. The van der Waals surface area contributed by atoms with Gasteiger partial charge in [0.2, 0.25) is 0 Å². The lowest BCUT2D eigenvalue weighted by Crippen LogP contribution is -2.31. The number of unbranched alkanes of at least 4 members (excludes halogenated alkanes) is 7. The van der Waals surface area contributed by atoms with Gasteiger partial charge in [-0.1, -0.05) is 72.1 Å². The highest BCUT2D eigenvalue weighted by atomic mass is 17.6. The average molecular weight is 276 g/mol. The van der Waals surface area contributed by atoms with Crippen LogP contribution in [0.2, 0.25) is 0 Å². The third-order valence-electron chi connectivity index (χ3n) is 4.02. The summed E-state index contributed by atoms with van der Waals surface area (Å²) in [5, 5.41) is 16.0. The van der Waals surface area contributed by atoms with Gasteiger partial charge < -0.3 is 0 Å². The van der Waals surface area contributed by atoms with E-state index >= 15 is 0 Å². The van der Waals surface area contributed by atoms with Gasteiger partial charge >= 0.3 is 0 Å². The molecule has 0 aromatic heterocycles. The minimum Gasteiger partial charge on any atom is -0.219 e. The summed E-state index contributed by atoms with van der Waals surface area (Å²) in [5.74, 6) is 0. The van der Waals surface area contributed by atoms with E-state index in [-0.39, 0.29) is 5.60 Å². The Morgan fingerprint density at radius 1 is 0.789 bits per heavy atom. The van der Waals surface area contributed by atoms with E-state index in [4.69, 9.17) is 10.1 Å². The van der Waals surface area contributed by atoms with Crippen LogP contribution in [0.5, 0.6) is 0 Å². The van der Waals surface area contributed by atoms with E-state index in [1.807, 2.05) is 0 Å². The zero-order chi connectivity index (χ0) is 14.4. The highest BCUT2D eigenvalue weighted by Crippen LogP contribution is 2.28. The van der Waals surface area contributed by atoms with Crippen molar-refractivity contribution < 1.29 is 20.2 Å². The van der Waals surface area contributed by atoms with Gasteiger partial charge in [0.05, 0.1) is 0 Å². The molecular weight excluding hydrogens is 244 g/mol. The SMILES string of the molecule is CCCCCCCCCCC(CC)(CC)OOOO. The first-order valence-corrected chi connectivity index (χ1v) is 7.90. The predicted molar refractivity (Wildman–Crippen MR) is 76.4 cm³/mol. The van der Waals surface area contributed by atoms with Crippen molar-refractivity contribution in [2.75, 3.05) is 0 Å². The Morgan fingerprint density at radius 2 is 1.32 bits per heavy atom. The molecule has 0 spiro atoms. The van der Waals surface area contributed by atoms with Crippen LogP contribution in [-0.2, 0) is 15.0 Å². The number of rotatable bonds is 14. The highest BCUT2D eigenvalue weighted by Gasteiger charge is 2.28. The lowest BCUT2D eigenvalue weighted by Gasteiger charge is -2.28. The fraction of sp³-hybridized carbons (Fsp3) is 1.00.